The van der Waals surface area contributed by atoms with Crippen molar-refractivity contribution < 1.29 is 9.90 Å². The topological polar surface area (TPSA) is 66.6 Å². The number of aliphatic hydroxyl groups is 1. The van der Waals surface area contributed by atoms with Crippen LogP contribution in [0.3, 0.4) is 0 Å². The van der Waals surface area contributed by atoms with Gasteiger partial charge >= 0.3 is 6.03 Å². The second-order valence-corrected chi connectivity index (χ2v) is 3.59. The van der Waals surface area contributed by atoms with Crippen molar-refractivity contribution in [1.29, 1.82) is 0 Å². The monoisotopic (exact) mass is 186 g/mol. The van der Waals surface area contributed by atoms with Crippen LogP contribution in [0, 0.1) is 5.92 Å². The van der Waals surface area contributed by atoms with Gasteiger partial charge in [0.1, 0.15) is 0 Å². The van der Waals surface area contributed by atoms with Gasteiger partial charge in [0.15, 0.2) is 0 Å². The molecule has 1 aliphatic rings. The summed E-state index contributed by atoms with van der Waals surface area (Å²) in [5.41, 5.74) is 5.26. The van der Waals surface area contributed by atoms with Gasteiger partial charge in [0.2, 0.25) is 0 Å². The molecule has 2 amide bonds. The first kappa shape index (κ1) is 10.3. The van der Waals surface area contributed by atoms with Gasteiger partial charge in [-0.15, -0.1) is 0 Å². The maximum atomic E-state index is 11.1. The van der Waals surface area contributed by atoms with E-state index >= 15 is 0 Å². The van der Waals surface area contributed by atoms with E-state index in [0.717, 1.165) is 25.8 Å². The molecule has 1 saturated heterocycles. The molecule has 2 unspecified atom stereocenters. The third-order valence-corrected chi connectivity index (χ3v) is 2.85. The number of primary amides is 1. The molecule has 1 rings (SSSR count). The van der Waals surface area contributed by atoms with Crippen molar-refractivity contribution in [3.8, 4) is 0 Å². The second kappa shape index (κ2) is 4.46. The Morgan fingerprint density at radius 3 is 2.85 bits per heavy atom. The van der Waals surface area contributed by atoms with Crippen LogP contribution < -0.4 is 5.73 Å². The number of hydrogen-bond donors (Lipinski definition) is 2. The maximum Gasteiger partial charge on any atom is 0.315 e. The summed E-state index contributed by atoms with van der Waals surface area (Å²) in [4.78, 5) is 12.7. The van der Waals surface area contributed by atoms with Crippen molar-refractivity contribution in [1.82, 2.24) is 4.90 Å². The van der Waals surface area contributed by atoms with Gasteiger partial charge in [-0.2, -0.15) is 0 Å². The third-order valence-electron chi connectivity index (χ3n) is 2.85. The molecule has 0 aromatic carbocycles. The van der Waals surface area contributed by atoms with Crippen molar-refractivity contribution in [3.05, 3.63) is 0 Å². The second-order valence-electron chi connectivity index (χ2n) is 3.59. The van der Waals surface area contributed by atoms with Gasteiger partial charge in [0.05, 0.1) is 0 Å². The summed E-state index contributed by atoms with van der Waals surface area (Å²) < 4.78 is 0. The fourth-order valence-electron chi connectivity index (χ4n) is 2.18. The smallest absolute Gasteiger partial charge is 0.315 e. The molecule has 76 valence electrons. The lowest BCUT2D eigenvalue weighted by Crippen LogP contribution is -2.51. The van der Waals surface area contributed by atoms with Gasteiger partial charge < -0.3 is 15.7 Å². The van der Waals surface area contributed by atoms with E-state index in [4.69, 9.17) is 10.8 Å². The van der Waals surface area contributed by atoms with Crippen LogP contribution in [0.1, 0.15) is 26.2 Å². The number of hydrogen-bond acceptors (Lipinski definition) is 2. The molecule has 13 heavy (non-hydrogen) atoms. The summed E-state index contributed by atoms with van der Waals surface area (Å²) in [5, 5.41) is 9.11. The Bertz CT molecular complexity index is 184. The Hall–Kier alpha value is -0.770. The number of carbonyl (C=O) groups is 1. The van der Waals surface area contributed by atoms with Crippen molar-refractivity contribution in [2.75, 3.05) is 13.2 Å². The first-order valence-corrected chi connectivity index (χ1v) is 4.87. The molecule has 1 heterocycles. The molecule has 0 saturated carbocycles. The molecule has 0 bridgehead atoms. The zero-order chi connectivity index (χ0) is 9.84. The van der Waals surface area contributed by atoms with Gasteiger partial charge in [-0.25, -0.2) is 4.79 Å². The van der Waals surface area contributed by atoms with E-state index in [1.165, 1.54) is 0 Å². The molecule has 1 aliphatic heterocycles. The minimum Gasteiger partial charge on any atom is -0.396 e. The maximum absolute atomic E-state index is 11.1. The van der Waals surface area contributed by atoms with Crippen LogP contribution in [-0.4, -0.2) is 35.2 Å². The predicted molar refractivity (Wildman–Crippen MR) is 50.2 cm³/mol. The number of likely N-dealkylation sites (tertiary alicyclic amines) is 1. The van der Waals surface area contributed by atoms with E-state index in [2.05, 4.69) is 0 Å². The molecule has 3 N–H and O–H groups in total. The van der Waals surface area contributed by atoms with Crippen LogP contribution in [0.2, 0.25) is 0 Å². The van der Waals surface area contributed by atoms with Crippen LogP contribution in [-0.2, 0) is 0 Å². The summed E-state index contributed by atoms with van der Waals surface area (Å²) in [6.45, 7) is 2.92. The Balaban J connectivity index is 2.66. The van der Waals surface area contributed by atoms with E-state index in [1.807, 2.05) is 6.92 Å². The van der Waals surface area contributed by atoms with Gasteiger partial charge in [0, 0.05) is 25.1 Å². The molecule has 4 heteroatoms. The Morgan fingerprint density at radius 2 is 2.38 bits per heavy atom. The zero-order valence-corrected chi connectivity index (χ0v) is 8.07. The number of rotatable bonds is 2. The quantitative estimate of drug-likeness (QED) is 0.661. The third kappa shape index (κ3) is 2.12. The van der Waals surface area contributed by atoms with E-state index in [-0.39, 0.29) is 24.6 Å². The number of piperidine rings is 1. The number of nitrogens with two attached hydrogens (primary N) is 1. The molecule has 4 nitrogen and oxygen atoms in total. The van der Waals surface area contributed by atoms with Crippen LogP contribution >= 0.6 is 0 Å². The van der Waals surface area contributed by atoms with E-state index in [9.17, 15) is 4.79 Å². The number of urea groups is 1. The van der Waals surface area contributed by atoms with Gasteiger partial charge in [-0.3, -0.25) is 0 Å². The van der Waals surface area contributed by atoms with Crippen molar-refractivity contribution >= 4 is 6.03 Å². The summed E-state index contributed by atoms with van der Waals surface area (Å²) in [6, 6.07) is -0.221. The standard InChI is InChI=1S/C9H18N2O2/c1-2-8-7(6-12)4-3-5-11(8)9(10)13/h7-8,12H,2-6H2,1H3,(H2,10,13). The molecule has 1 fully saturated rings. The summed E-state index contributed by atoms with van der Waals surface area (Å²) in [6.07, 6.45) is 2.82. The highest BCUT2D eigenvalue weighted by Gasteiger charge is 2.31. The minimum atomic E-state index is -0.356. The fraction of sp³-hybridized carbons (Fsp3) is 0.889. The van der Waals surface area contributed by atoms with Crippen molar-refractivity contribution in [2.24, 2.45) is 11.7 Å². The number of aliphatic hydroxyl groups excluding tert-OH is 1. The molecule has 2 atom stereocenters. The number of amides is 2. The molecule has 0 aromatic rings. The average molecular weight is 186 g/mol. The summed E-state index contributed by atoms with van der Waals surface area (Å²) >= 11 is 0. The van der Waals surface area contributed by atoms with Crippen LogP contribution in [0.15, 0.2) is 0 Å². The van der Waals surface area contributed by atoms with Crippen molar-refractivity contribution in [2.45, 2.75) is 32.2 Å². The predicted octanol–water partition coefficient (Wildman–Crippen LogP) is 0.548. The largest absolute Gasteiger partial charge is 0.396 e. The lowest BCUT2D eigenvalue weighted by Gasteiger charge is -2.39. The first-order valence-electron chi connectivity index (χ1n) is 4.87. The number of carbonyl (C=O) groups excluding carboxylic acids is 1. The molecule has 0 radical (unpaired) electrons. The summed E-state index contributed by atoms with van der Waals surface area (Å²) in [5.74, 6) is 0.214. The lowest BCUT2D eigenvalue weighted by molar-refractivity contribution is 0.0778. The van der Waals surface area contributed by atoms with Gasteiger partial charge in [-0.05, 0) is 19.3 Å². The van der Waals surface area contributed by atoms with Gasteiger partial charge in [0.25, 0.3) is 0 Å². The van der Waals surface area contributed by atoms with Crippen LogP contribution in [0.5, 0.6) is 0 Å². The highest BCUT2D eigenvalue weighted by atomic mass is 16.3. The fourth-order valence-corrected chi connectivity index (χ4v) is 2.18. The molecular weight excluding hydrogens is 168 g/mol. The Labute approximate surface area is 78.7 Å². The zero-order valence-electron chi connectivity index (χ0n) is 8.07. The minimum absolute atomic E-state index is 0.135. The highest BCUT2D eigenvalue weighted by molar-refractivity contribution is 5.72. The summed E-state index contributed by atoms with van der Waals surface area (Å²) in [7, 11) is 0. The lowest BCUT2D eigenvalue weighted by atomic mass is 9.88. The Kier molecular flexibility index (Phi) is 3.54. The highest BCUT2D eigenvalue weighted by Crippen LogP contribution is 2.25. The van der Waals surface area contributed by atoms with Gasteiger partial charge in [-0.1, -0.05) is 6.92 Å². The molecular formula is C9H18N2O2. The molecule has 0 aromatic heterocycles. The van der Waals surface area contributed by atoms with E-state index in [1.54, 1.807) is 4.90 Å². The first-order chi connectivity index (χ1) is 6.20. The van der Waals surface area contributed by atoms with Crippen LogP contribution in [0.4, 0.5) is 4.79 Å². The van der Waals surface area contributed by atoms with E-state index < -0.39 is 0 Å². The number of nitrogens with zero attached hydrogens (tertiary/aromatic N) is 1. The SMILES string of the molecule is CCC1C(CO)CCCN1C(N)=O. The molecule has 0 aliphatic carbocycles. The normalized spacial score (nSPS) is 28.9. The van der Waals surface area contributed by atoms with Crippen molar-refractivity contribution in [3.63, 3.8) is 0 Å². The Morgan fingerprint density at radius 1 is 1.69 bits per heavy atom. The van der Waals surface area contributed by atoms with Crippen LogP contribution in [0.25, 0.3) is 0 Å². The molecule has 0 spiro atoms. The average Bonchev–Trinajstić information content (AvgIpc) is 2.16. The van der Waals surface area contributed by atoms with E-state index in [0.29, 0.717) is 0 Å².